The van der Waals surface area contributed by atoms with Crippen molar-refractivity contribution in [1.29, 1.82) is 21.0 Å². The zero-order valence-corrected chi connectivity index (χ0v) is 15.3. The summed E-state index contributed by atoms with van der Waals surface area (Å²) in [7, 11) is 1.54. The Labute approximate surface area is 159 Å². The number of nitriles is 4. The molecule has 0 N–H and O–H groups in total. The Kier molecular flexibility index (Phi) is 6.55. The first-order chi connectivity index (χ1) is 13.1. The van der Waals surface area contributed by atoms with E-state index in [-0.39, 0.29) is 25.7 Å². The number of benzene rings is 2. The molecular formula is C22H18N4O. The molecule has 0 aliphatic heterocycles. The lowest BCUT2D eigenvalue weighted by Crippen LogP contribution is -2.01. The topological polar surface area (TPSA) is 104 Å². The number of nitrogens with zero attached hydrogens (tertiary/aromatic N) is 4. The summed E-state index contributed by atoms with van der Waals surface area (Å²) in [6, 6.07) is 16.1. The smallest absolute Gasteiger partial charge is 0.119 e. The van der Waals surface area contributed by atoms with Crippen molar-refractivity contribution in [2.45, 2.75) is 32.6 Å². The molecule has 5 nitrogen and oxygen atoms in total. The van der Waals surface area contributed by atoms with Gasteiger partial charge in [-0.2, -0.15) is 21.0 Å². The molecule has 0 heterocycles. The van der Waals surface area contributed by atoms with Crippen LogP contribution in [0.3, 0.4) is 0 Å². The van der Waals surface area contributed by atoms with E-state index in [0.29, 0.717) is 5.75 Å². The minimum absolute atomic E-state index is 0.167. The Hall–Kier alpha value is -3.80. The minimum Gasteiger partial charge on any atom is -0.497 e. The average Bonchev–Trinajstić information content (AvgIpc) is 2.65. The second-order valence-electron chi connectivity index (χ2n) is 6.08. The Morgan fingerprint density at radius 3 is 1.48 bits per heavy atom. The van der Waals surface area contributed by atoms with E-state index in [0.717, 1.165) is 38.9 Å². The molecule has 0 aromatic heterocycles. The largest absolute Gasteiger partial charge is 0.497 e. The molecule has 5 heteroatoms. The molecule has 0 aliphatic carbocycles. The van der Waals surface area contributed by atoms with E-state index in [9.17, 15) is 10.5 Å². The van der Waals surface area contributed by atoms with Gasteiger partial charge >= 0.3 is 0 Å². The zero-order valence-electron chi connectivity index (χ0n) is 15.3. The maximum absolute atomic E-state index is 9.26. The predicted molar refractivity (Wildman–Crippen MR) is 100 cm³/mol. The van der Waals surface area contributed by atoms with Crippen LogP contribution in [0.15, 0.2) is 24.3 Å². The Bertz CT molecular complexity index is 952. The van der Waals surface area contributed by atoms with Gasteiger partial charge in [-0.15, -0.1) is 0 Å². The Morgan fingerprint density at radius 2 is 1.11 bits per heavy atom. The van der Waals surface area contributed by atoms with E-state index in [1.165, 1.54) is 0 Å². The molecule has 0 saturated heterocycles. The summed E-state index contributed by atoms with van der Waals surface area (Å²) in [5.41, 5.74) is 5.77. The molecule has 2 aromatic rings. The van der Waals surface area contributed by atoms with Gasteiger partial charge in [0.15, 0.2) is 0 Å². The summed E-state index contributed by atoms with van der Waals surface area (Å²) in [6.45, 7) is 1.91. The monoisotopic (exact) mass is 354 g/mol. The lowest BCUT2D eigenvalue weighted by molar-refractivity contribution is 0.414. The van der Waals surface area contributed by atoms with Gasteiger partial charge in [-0.25, -0.2) is 0 Å². The molecule has 0 saturated carbocycles. The molecular weight excluding hydrogens is 336 g/mol. The summed E-state index contributed by atoms with van der Waals surface area (Å²) >= 11 is 0. The first-order valence-corrected chi connectivity index (χ1v) is 8.39. The highest BCUT2D eigenvalue weighted by atomic mass is 16.5. The van der Waals surface area contributed by atoms with Crippen LogP contribution in [0, 0.1) is 52.2 Å². The van der Waals surface area contributed by atoms with Crippen molar-refractivity contribution in [1.82, 2.24) is 0 Å². The predicted octanol–water partition coefficient (Wildman–Crippen LogP) is 3.93. The summed E-state index contributed by atoms with van der Waals surface area (Å²) in [5.74, 6) is 0.593. The fraction of sp³-hybridized carbons (Fsp3) is 0.273. The summed E-state index contributed by atoms with van der Waals surface area (Å²) in [5, 5.41) is 36.8. The third-order valence-corrected chi connectivity index (χ3v) is 4.50. The Balaban J connectivity index is 2.83. The second-order valence-corrected chi connectivity index (χ2v) is 6.08. The van der Waals surface area contributed by atoms with Gasteiger partial charge in [0, 0.05) is 0 Å². The lowest BCUT2D eigenvalue weighted by Gasteiger charge is -2.17. The molecule has 0 radical (unpaired) electrons. The van der Waals surface area contributed by atoms with Crippen LogP contribution in [0.1, 0.15) is 27.8 Å². The second kappa shape index (κ2) is 9.05. The zero-order chi connectivity index (χ0) is 19.8. The van der Waals surface area contributed by atoms with Crippen molar-refractivity contribution in [2.75, 3.05) is 7.11 Å². The van der Waals surface area contributed by atoms with Crippen LogP contribution >= 0.6 is 0 Å². The fourth-order valence-electron chi connectivity index (χ4n) is 3.20. The van der Waals surface area contributed by atoms with Crippen molar-refractivity contribution in [2.24, 2.45) is 0 Å². The molecule has 0 fully saturated rings. The van der Waals surface area contributed by atoms with Crippen molar-refractivity contribution < 1.29 is 4.74 Å². The standard InChI is InChI=1S/C22H18N4O/c1-15-16(3-7-23)11-20(12-17(15)4-8-24)22-18(5-9-25)13-21(27-2)14-19(22)6-10-26/h11-14H,3-6H2,1-2H3. The summed E-state index contributed by atoms with van der Waals surface area (Å²) in [4.78, 5) is 0. The molecule has 2 aromatic carbocycles. The summed E-state index contributed by atoms with van der Waals surface area (Å²) in [6.07, 6.45) is 0.796. The highest BCUT2D eigenvalue weighted by Crippen LogP contribution is 2.35. The van der Waals surface area contributed by atoms with E-state index in [4.69, 9.17) is 15.3 Å². The van der Waals surface area contributed by atoms with E-state index in [2.05, 4.69) is 24.3 Å². The molecule has 132 valence electrons. The molecule has 0 unspecified atom stereocenters. The molecule has 0 aliphatic rings. The normalized spacial score (nSPS) is 9.56. The van der Waals surface area contributed by atoms with Crippen molar-refractivity contribution in [3.8, 4) is 41.2 Å². The molecule has 0 atom stereocenters. The fourth-order valence-corrected chi connectivity index (χ4v) is 3.20. The van der Waals surface area contributed by atoms with E-state index in [1.54, 1.807) is 19.2 Å². The molecule has 0 spiro atoms. The van der Waals surface area contributed by atoms with Gasteiger partial charge in [-0.05, 0) is 70.1 Å². The van der Waals surface area contributed by atoms with Gasteiger partial charge in [0.05, 0.1) is 57.1 Å². The van der Waals surface area contributed by atoms with Gasteiger partial charge in [-0.3, -0.25) is 0 Å². The van der Waals surface area contributed by atoms with Crippen LogP contribution in [0.25, 0.3) is 11.1 Å². The molecule has 0 bridgehead atoms. The quantitative estimate of drug-likeness (QED) is 0.781. The Morgan fingerprint density at radius 1 is 0.704 bits per heavy atom. The number of methoxy groups -OCH3 is 1. The minimum atomic E-state index is 0.167. The van der Waals surface area contributed by atoms with Crippen molar-refractivity contribution >= 4 is 0 Å². The van der Waals surface area contributed by atoms with Crippen LogP contribution in [-0.4, -0.2) is 7.11 Å². The van der Waals surface area contributed by atoms with Crippen LogP contribution < -0.4 is 4.74 Å². The molecule has 0 amide bonds. The number of ether oxygens (including phenoxy) is 1. The number of hydrogen-bond donors (Lipinski definition) is 0. The van der Waals surface area contributed by atoms with E-state index < -0.39 is 0 Å². The third-order valence-electron chi connectivity index (χ3n) is 4.50. The van der Waals surface area contributed by atoms with Crippen LogP contribution in [0.4, 0.5) is 0 Å². The first-order valence-electron chi connectivity index (χ1n) is 8.39. The van der Waals surface area contributed by atoms with Crippen LogP contribution in [-0.2, 0) is 25.7 Å². The molecule has 2 rings (SSSR count). The SMILES string of the molecule is COc1cc(CC#N)c(-c2cc(CC#N)c(C)c(CC#N)c2)c(CC#N)c1. The number of rotatable bonds is 6. The highest BCUT2D eigenvalue weighted by molar-refractivity contribution is 5.75. The number of hydrogen-bond acceptors (Lipinski definition) is 5. The van der Waals surface area contributed by atoms with Crippen LogP contribution in [0.2, 0.25) is 0 Å². The van der Waals surface area contributed by atoms with Crippen molar-refractivity contribution in [3.05, 3.63) is 52.1 Å². The van der Waals surface area contributed by atoms with Gasteiger partial charge in [0.25, 0.3) is 0 Å². The maximum atomic E-state index is 9.26. The molecule has 27 heavy (non-hydrogen) atoms. The van der Waals surface area contributed by atoms with Gasteiger partial charge < -0.3 is 4.74 Å². The van der Waals surface area contributed by atoms with Gasteiger partial charge in [0.1, 0.15) is 5.75 Å². The van der Waals surface area contributed by atoms with Gasteiger partial charge in [-0.1, -0.05) is 0 Å². The average molecular weight is 354 g/mol. The third kappa shape index (κ3) is 4.24. The van der Waals surface area contributed by atoms with E-state index in [1.807, 2.05) is 19.1 Å². The van der Waals surface area contributed by atoms with Gasteiger partial charge in [0.2, 0.25) is 0 Å². The lowest BCUT2D eigenvalue weighted by atomic mass is 9.87. The summed E-state index contributed by atoms with van der Waals surface area (Å²) < 4.78 is 5.32. The van der Waals surface area contributed by atoms with Crippen LogP contribution in [0.5, 0.6) is 5.75 Å². The first kappa shape index (κ1) is 19.5. The van der Waals surface area contributed by atoms with Crippen molar-refractivity contribution in [3.63, 3.8) is 0 Å². The van der Waals surface area contributed by atoms with E-state index >= 15 is 0 Å². The highest BCUT2D eigenvalue weighted by Gasteiger charge is 2.16. The maximum Gasteiger partial charge on any atom is 0.119 e.